The third-order valence-electron chi connectivity index (χ3n) is 2.84. The zero-order valence-electron chi connectivity index (χ0n) is 11.6. The van der Waals surface area contributed by atoms with E-state index in [-0.39, 0.29) is 6.03 Å². The van der Waals surface area contributed by atoms with Gasteiger partial charge >= 0.3 is 6.03 Å². The monoisotopic (exact) mass is 248 g/mol. The Labute approximate surface area is 110 Å². The number of benzene rings is 1. The summed E-state index contributed by atoms with van der Waals surface area (Å²) in [4.78, 5) is 13.8. The fourth-order valence-electron chi connectivity index (χ4n) is 1.72. The minimum atomic E-state index is 0.0436. The van der Waals surface area contributed by atoms with Crippen molar-refractivity contribution in [1.29, 1.82) is 0 Å². The molecule has 0 radical (unpaired) electrons. The summed E-state index contributed by atoms with van der Waals surface area (Å²) in [5.41, 5.74) is 1.27. The number of rotatable bonds is 6. The summed E-state index contributed by atoms with van der Waals surface area (Å²) in [6.07, 6.45) is 0.907. The molecule has 0 aliphatic heterocycles. The molecule has 100 valence electrons. The second kappa shape index (κ2) is 7.75. The molecule has 0 saturated heterocycles. The Morgan fingerprint density at radius 2 is 1.94 bits per heavy atom. The number of nitrogens with one attached hydrogen (secondary N) is 1. The maximum Gasteiger partial charge on any atom is 0.317 e. The second-order valence-corrected chi connectivity index (χ2v) is 4.90. The molecular formula is C15H24N2O. The summed E-state index contributed by atoms with van der Waals surface area (Å²) >= 11 is 0. The predicted octanol–water partition coefficient (Wildman–Crippen LogP) is 2.92. The van der Waals surface area contributed by atoms with Crippen molar-refractivity contribution >= 4 is 6.03 Å². The smallest absolute Gasteiger partial charge is 0.317 e. The van der Waals surface area contributed by atoms with Crippen LogP contribution in [0.2, 0.25) is 0 Å². The molecule has 3 nitrogen and oxygen atoms in total. The van der Waals surface area contributed by atoms with E-state index in [0.29, 0.717) is 5.92 Å². The van der Waals surface area contributed by atoms with Crippen LogP contribution in [0.5, 0.6) is 0 Å². The lowest BCUT2D eigenvalue weighted by Crippen LogP contribution is -2.42. The number of amides is 2. The third-order valence-corrected chi connectivity index (χ3v) is 2.84. The molecule has 1 rings (SSSR count). The Hall–Kier alpha value is -1.51. The molecule has 1 aromatic rings. The van der Waals surface area contributed by atoms with E-state index in [1.165, 1.54) is 5.56 Å². The zero-order chi connectivity index (χ0) is 13.4. The minimum Gasteiger partial charge on any atom is -0.338 e. The first-order valence-corrected chi connectivity index (χ1v) is 6.70. The van der Waals surface area contributed by atoms with Crippen LogP contribution in [0.3, 0.4) is 0 Å². The van der Waals surface area contributed by atoms with E-state index >= 15 is 0 Å². The molecule has 0 fully saturated rings. The molecule has 0 bridgehead atoms. The standard InChI is InChI=1S/C15H24N2O/c1-4-17(15(18)16-12-13(2)3)11-10-14-8-6-5-7-9-14/h5-9,13H,4,10-12H2,1-3H3,(H,16,18). The lowest BCUT2D eigenvalue weighted by molar-refractivity contribution is 0.200. The van der Waals surface area contributed by atoms with Crippen molar-refractivity contribution in [2.45, 2.75) is 27.2 Å². The Kier molecular flexibility index (Phi) is 6.26. The highest BCUT2D eigenvalue weighted by Gasteiger charge is 2.10. The molecule has 0 aliphatic rings. The fourth-order valence-corrected chi connectivity index (χ4v) is 1.72. The first-order chi connectivity index (χ1) is 8.63. The largest absolute Gasteiger partial charge is 0.338 e. The highest BCUT2D eigenvalue weighted by atomic mass is 16.2. The Morgan fingerprint density at radius 1 is 1.28 bits per heavy atom. The number of urea groups is 1. The molecule has 18 heavy (non-hydrogen) atoms. The maximum absolute atomic E-state index is 11.9. The number of hydrogen-bond donors (Lipinski definition) is 1. The van der Waals surface area contributed by atoms with Gasteiger partial charge in [0.15, 0.2) is 0 Å². The molecule has 1 N–H and O–H groups in total. The second-order valence-electron chi connectivity index (χ2n) is 4.90. The summed E-state index contributed by atoms with van der Waals surface area (Å²) in [7, 11) is 0. The summed E-state index contributed by atoms with van der Waals surface area (Å²) in [5, 5.41) is 2.96. The van der Waals surface area contributed by atoms with E-state index in [2.05, 4.69) is 31.3 Å². The summed E-state index contributed by atoms with van der Waals surface area (Å²) in [6.45, 7) is 8.46. The molecule has 0 atom stereocenters. The van der Waals surface area contributed by atoms with Crippen molar-refractivity contribution in [2.24, 2.45) is 5.92 Å². The van der Waals surface area contributed by atoms with Crippen LogP contribution in [0.4, 0.5) is 4.79 Å². The van der Waals surface area contributed by atoms with Crippen LogP contribution in [-0.2, 0) is 6.42 Å². The van der Waals surface area contributed by atoms with Crippen LogP contribution < -0.4 is 5.32 Å². The fraction of sp³-hybridized carbons (Fsp3) is 0.533. The Morgan fingerprint density at radius 3 is 2.50 bits per heavy atom. The number of likely N-dealkylation sites (N-methyl/N-ethyl adjacent to an activating group) is 1. The molecule has 3 heteroatoms. The van der Waals surface area contributed by atoms with E-state index in [0.717, 1.165) is 26.1 Å². The van der Waals surface area contributed by atoms with Crippen LogP contribution in [0.1, 0.15) is 26.3 Å². The topological polar surface area (TPSA) is 32.3 Å². The van der Waals surface area contributed by atoms with E-state index in [9.17, 15) is 4.79 Å². The van der Waals surface area contributed by atoms with Crippen molar-refractivity contribution in [1.82, 2.24) is 10.2 Å². The van der Waals surface area contributed by atoms with Gasteiger partial charge in [-0.3, -0.25) is 0 Å². The van der Waals surface area contributed by atoms with E-state index < -0.39 is 0 Å². The van der Waals surface area contributed by atoms with Crippen molar-refractivity contribution in [3.63, 3.8) is 0 Å². The van der Waals surface area contributed by atoms with Gasteiger partial charge in [0.25, 0.3) is 0 Å². The van der Waals surface area contributed by atoms with E-state index in [4.69, 9.17) is 0 Å². The molecule has 0 saturated carbocycles. The average molecular weight is 248 g/mol. The molecular weight excluding hydrogens is 224 g/mol. The molecule has 2 amide bonds. The van der Waals surface area contributed by atoms with Crippen LogP contribution in [0.15, 0.2) is 30.3 Å². The number of hydrogen-bond acceptors (Lipinski definition) is 1. The van der Waals surface area contributed by atoms with Gasteiger partial charge in [-0.15, -0.1) is 0 Å². The van der Waals surface area contributed by atoms with E-state index in [1.54, 1.807) is 0 Å². The van der Waals surface area contributed by atoms with Crippen molar-refractivity contribution in [3.05, 3.63) is 35.9 Å². The highest BCUT2D eigenvalue weighted by Crippen LogP contribution is 2.02. The van der Waals surface area contributed by atoms with Gasteiger partial charge in [-0.2, -0.15) is 0 Å². The first kappa shape index (κ1) is 14.6. The van der Waals surface area contributed by atoms with Gasteiger partial charge in [0.05, 0.1) is 0 Å². The highest BCUT2D eigenvalue weighted by molar-refractivity contribution is 5.74. The Balaban J connectivity index is 2.39. The lowest BCUT2D eigenvalue weighted by atomic mass is 10.1. The molecule has 0 unspecified atom stereocenters. The van der Waals surface area contributed by atoms with Crippen molar-refractivity contribution in [2.75, 3.05) is 19.6 Å². The summed E-state index contributed by atoms with van der Waals surface area (Å²) < 4.78 is 0. The van der Waals surface area contributed by atoms with E-state index in [1.807, 2.05) is 30.0 Å². The number of carbonyl (C=O) groups excluding carboxylic acids is 1. The minimum absolute atomic E-state index is 0.0436. The van der Waals surface area contributed by atoms with Crippen molar-refractivity contribution in [3.8, 4) is 0 Å². The van der Waals surface area contributed by atoms with Gasteiger partial charge in [-0.05, 0) is 24.8 Å². The molecule has 0 aliphatic carbocycles. The van der Waals surface area contributed by atoms with Crippen molar-refractivity contribution < 1.29 is 4.79 Å². The average Bonchev–Trinajstić information content (AvgIpc) is 2.38. The van der Waals surface area contributed by atoms with Crippen LogP contribution >= 0.6 is 0 Å². The number of nitrogens with zero attached hydrogens (tertiary/aromatic N) is 1. The summed E-state index contributed by atoms with van der Waals surface area (Å²) in [5.74, 6) is 0.488. The van der Waals surface area contributed by atoms with Gasteiger partial charge in [-0.25, -0.2) is 4.79 Å². The molecule has 1 aromatic carbocycles. The lowest BCUT2D eigenvalue weighted by Gasteiger charge is -2.22. The van der Waals surface area contributed by atoms with Crippen LogP contribution in [0.25, 0.3) is 0 Å². The first-order valence-electron chi connectivity index (χ1n) is 6.70. The normalized spacial score (nSPS) is 10.4. The van der Waals surface area contributed by atoms with Crippen LogP contribution in [-0.4, -0.2) is 30.6 Å². The van der Waals surface area contributed by atoms with Gasteiger partial charge in [0.2, 0.25) is 0 Å². The molecule has 0 heterocycles. The quantitative estimate of drug-likeness (QED) is 0.825. The predicted molar refractivity (Wildman–Crippen MR) is 75.6 cm³/mol. The SMILES string of the molecule is CCN(CCc1ccccc1)C(=O)NCC(C)C. The maximum atomic E-state index is 11.9. The van der Waals surface area contributed by atoms with Gasteiger partial charge in [0.1, 0.15) is 0 Å². The third kappa shape index (κ3) is 5.21. The van der Waals surface area contributed by atoms with Gasteiger partial charge in [0, 0.05) is 19.6 Å². The van der Waals surface area contributed by atoms with Gasteiger partial charge < -0.3 is 10.2 Å². The van der Waals surface area contributed by atoms with Gasteiger partial charge in [-0.1, -0.05) is 44.2 Å². The van der Waals surface area contributed by atoms with Crippen LogP contribution in [0, 0.1) is 5.92 Å². The molecule has 0 spiro atoms. The zero-order valence-corrected chi connectivity index (χ0v) is 11.6. The number of carbonyl (C=O) groups is 1. The molecule has 0 aromatic heterocycles. The Bertz CT molecular complexity index is 349. The summed E-state index contributed by atoms with van der Waals surface area (Å²) in [6, 6.07) is 10.3.